The Kier molecular flexibility index (Phi) is 7.46. The highest BCUT2D eigenvalue weighted by Gasteiger charge is 2.22. The van der Waals surface area contributed by atoms with Crippen LogP contribution in [-0.2, 0) is 20.7 Å². The zero-order valence-corrected chi connectivity index (χ0v) is 12.9. The summed E-state index contributed by atoms with van der Waals surface area (Å²) in [6.45, 7) is 4.49. The molecule has 0 spiro atoms. The van der Waals surface area contributed by atoms with Crippen molar-refractivity contribution in [3.8, 4) is 0 Å². The highest BCUT2D eigenvalue weighted by atomic mass is 16.5. The van der Waals surface area contributed by atoms with Crippen molar-refractivity contribution in [1.29, 1.82) is 0 Å². The number of esters is 1. The molecule has 116 valence electrons. The largest absolute Gasteiger partial charge is 0.468 e. The Bertz CT molecular complexity index is 446. The second-order valence-corrected chi connectivity index (χ2v) is 5.21. The van der Waals surface area contributed by atoms with Crippen LogP contribution in [0.15, 0.2) is 30.3 Å². The van der Waals surface area contributed by atoms with Gasteiger partial charge in [0, 0.05) is 6.54 Å². The van der Waals surface area contributed by atoms with Crippen molar-refractivity contribution in [3.63, 3.8) is 0 Å². The number of benzene rings is 1. The van der Waals surface area contributed by atoms with Crippen LogP contribution in [0.3, 0.4) is 0 Å². The van der Waals surface area contributed by atoms with Crippen LogP contribution in [0.5, 0.6) is 0 Å². The van der Waals surface area contributed by atoms with Crippen LogP contribution < -0.4 is 10.6 Å². The van der Waals surface area contributed by atoms with Gasteiger partial charge in [0.1, 0.15) is 6.04 Å². The third-order valence-corrected chi connectivity index (χ3v) is 3.18. The quantitative estimate of drug-likeness (QED) is 0.705. The maximum absolute atomic E-state index is 11.7. The molecule has 0 aromatic heterocycles. The molecule has 5 heteroatoms. The van der Waals surface area contributed by atoms with Crippen LogP contribution in [0.2, 0.25) is 0 Å². The Hall–Kier alpha value is -1.88. The van der Waals surface area contributed by atoms with E-state index in [-0.39, 0.29) is 24.3 Å². The number of methoxy groups -OCH3 is 1. The molecular formula is C16H24N2O3. The lowest BCUT2D eigenvalue weighted by atomic mass is 10.0. The van der Waals surface area contributed by atoms with Gasteiger partial charge < -0.3 is 10.1 Å². The van der Waals surface area contributed by atoms with Crippen LogP contribution in [0.25, 0.3) is 0 Å². The van der Waals surface area contributed by atoms with Gasteiger partial charge in [0.15, 0.2) is 0 Å². The van der Waals surface area contributed by atoms with Crippen LogP contribution in [0, 0.1) is 5.92 Å². The van der Waals surface area contributed by atoms with Crippen molar-refractivity contribution in [2.75, 3.05) is 20.2 Å². The second-order valence-electron chi connectivity index (χ2n) is 5.21. The fourth-order valence-corrected chi connectivity index (χ4v) is 1.97. The molecule has 0 heterocycles. The van der Waals surface area contributed by atoms with E-state index in [2.05, 4.69) is 10.6 Å². The molecule has 0 aliphatic carbocycles. The van der Waals surface area contributed by atoms with Crippen molar-refractivity contribution in [2.45, 2.75) is 26.3 Å². The molecule has 0 radical (unpaired) electrons. The number of carbonyl (C=O) groups excluding carboxylic acids is 2. The minimum absolute atomic E-state index is 0.0644. The first kappa shape index (κ1) is 17.2. The Morgan fingerprint density at radius 2 is 1.86 bits per heavy atom. The third kappa shape index (κ3) is 6.40. The summed E-state index contributed by atoms with van der Waals surface area (Å²) in [6.07, 6.45) is 0.789. The Labute approximate surface area is 126 Å². The predicted octanol–water partition coefficient (Wildman–Crippen LogP) is 1.13. The summed E-state index contributed by atoms with van der Waals surface area (Å²) >= 11 is 0. The molecule has 1 amide bonds. The van der Waals surface area contributed by atoms with Gasteiger partial charge in [-0.2, -0.15) is 0 Å². The van der Waals surface area contributed by atoms with Crippen molar-refractivity contribution < 1.29 is 14.3 Å². The Morgan fingerprint density at radius 3 is 2.43 bits per heavy atom. The lowest BCUT2D eigenvalue weighted by molar-refractivity contribution is -0.144. The molecule has 1 atom stereocenters. The van der Waals surface area contributed by atoms with Crippen LogP contribution >= 0.6 is 0 Å². The summed E-state index contributed by atoms with van der Waals surface area (Å²) < 4.78 is 4.71. The highest BCUT2D eigenvalue weighted by molar-refractivity contribution is 5.80. The number of rotatable bonds is 8. The van der Waals surface area contributed by atoms with Gasteiger partial charge in [0.2, 0.25) is 5.91 Å². The second kappa shape index (κ2) is 9.13. The normalized spacial score (nSPS) is 12.0. The van der Waals surface area contributed by atoms with E-state index in [1.807, 2.05) is 44.2 Å². The summed E-state index contributed by atoms with van der Waals surface area (Å²) in [6, 6.07) is 9.50. The summed E-state index contributed by atoms with van der Waals surface area (Å²) in [5, 5.41) is 5.76. The molecule has 0 saturated carbocycles. The van der Waals surface area contributed by atoms with Crippen LogP contribution in [-0.4, -0.2) is 38.1 Å². The molecule has 0 fully saturated rings. The topological polar surface area (TPSA) is 67.4 Å². The number of hydrogen-bond donors (Lipinski definition) is 2. The first-order valence-corrected chi connectivity index (χ1v) is 7.16. The zero-order chi connectivity index (χ0) is 15.7. The Balaban J connectivity index is 2.28. The minimum Gasteiger partial charge on any atom is -0.468 e. The molecule has 0 bridgehead atoms. The summed E-state index contributed by atoms with van der Waals surface area (Å²) in [7, 11) is 1.35. The van der Waals surface area contributed by atoms with Gasteiger partial charge in [0.05, 0.1) is 13.7 Å². The van der Waals surface area contributed by atoms with Crippen LogP contribution in [0.1, 0.15) is 19.4 Å². The third-order valence-electron chi connectivity index (χ3n) is 3.18. The predicted molar refractivity (Wildman–Crippen MR) is 81.8 cm³/mol. The first-order chi connectivity index (χ1) is 10.0. The molecule has 0 saturated heterocycles. The number of carbonyl (C=O) groups is 2. The smallest absolute Gasteiger partial charge is 0.323 e. The SMILES string of the molecule is COC(=O)C(NCC(=O)NCCc1ccccc1)C(C)C. The van der Waals surface area contributed by atoms with Crippen molar-refractivity contribution in [3.05, 3.63) is 35.9 Å². The van der Waals surface area contributed by atoms with Gasteiger partial charge in [-0.15, -0.1) is 0 Å². The van der Waals surface area contributed by atoms with E-state index in [1.54, 1.807) is 0 Å². The van der Waals surface area contributed by atoms with Crippen molar-refractivity contribution in [1.82, 2.24) is 10.6 Å². The van der Waals surface area contributed by atoms with E-state index < -0.39 is 6.04 Å². The van der Waals surface area contributed by atoms with Crippen molar-refractivity contribution in [2.24, 2.45) is 5.92 Å². The fraction of sp³-hybridized carbons (Fsp3) is 0.500. The van der Waals surface area contributed by atoms with E-state index in [1.165, 1.54) is 12.7 Å². The lowest BCUT2D eigenvalue weighted by Crippen LogP contribution is -2.46. The first-order valence-electron chi connectivity index (χ1n) is 7.16. The maximum atomic E-state index is 11.7. The molecule has 1 aromatic rings. The van der Waals surface area contributed by atoms with Gasteiger partial charge in [-0.3, -0.25) is 14.9 Å². The van der Waals surface area contributed by atoms with E-state index >= 15 is 0 Å². The summed E-state index contributed by atoms with van der Waals surface area (Å²) in [5.41, 5.74) is 1.18. The number of ether oxygens (including phenoxy) is 1. The summed E-state index contributed by atoms with van der Waals surface area (Å²) in [4.78, 5) is 23.3. The molecule has 21 heavy (non-hydrogen) atoms. The number of hydrogen-bond acceptors (Lipinski definition) is 4. The van der Waals surface area contributed by atoms with Gasteiger partial charge in [-0.1, -0.05) is 44.2 Å². The molecule has 5 nitrogen and oxygen atoms in total. The molecular weight excluding hydrogens is 268 g/mol. The fourth-order valence-electron chi connectivity index (χ4n) is 1.97. The summed E-state index contributed by atoms with van der Waals surface area (Å²) in [5.74, 6) is -0.405. The zero-order valence-electron chi connectivity index (χ0n) is 12.9. The molecule has 0 aliphatic rings. The van der Waals surface area contributed by atoms with Gasteiger partial charge in [-0.05, 0) is 17.9 Å². The monoisotopic (exact) mass is 292 g/mol. The van der Waals surface area contributed by atoms with E-state index in [9.17, 15) is 9.59 Å². The number of nitrogens with one attached hydrogen (secondary N) is 2. The molecule has 1 rings (SSSR count). The van der Waals surface area contributed by atoms with E-state index in [0.29, 0.717) is 6.54 Å². The van der Waals surface area contributed by atoms with Crippen LogP contribution in [0.4, 0.5) is 0 Å². The average Bonchev–Trinajstić information content (AvgIpc) is 2.47. The molecule has 1 unspecified atom stereocenters. The van der Waals surface area contributed by atoms with Gasteiger partial charge in [0.25, 0.3) is 0 Å². The minimum atomic E-state index is -0.463. The average molecular weight is 292 g/mol. The van der Waals surface area contributed by atoms with Gasteiger partial charge >= 0.3 is 5.97 Å². The van der Waals surface area contributed by atoms with E-state index in [0.717, 1.165) is 6.42 Å². The standard InChI is InChI=1S/C16H24N2O3/c1-12(2)15(16(20)21-3)18-11-14(19)17-10-9-13-7-5-4-6-8-13/h4-8,12,15,18H,9-11H2,1-3H3,(H,17,19). The van der Waals surface area contributed by atoms with E-state index in [4.69, 9.17) is 4.74 Å². The molecule has 1 aromatic carbocycles. The maximum Gasteiger partial charge on any atom is 0.323 e. The molecule has 0 aliphatic heterocycles. The number of amides is 1. The molecule has 2 N–H and O–H groups in total. The Morgan fingerprint density at radius 1 is 1.19 bits per heavy atom. The lowest BCUT2D eigenvalue weighted by Gasteiger charge is -2.19. The van der Waals surface area contributed by atoms with Gasteiger partial charge in [-0.25, -0.2) is 0 Å². The highest BCUT2D eigenvalue weighted by Crippen LogP contribution is 2.03. The van der Waals surface area contributed by atoms with Crippen molar-refractivity contribution >= 4 is 11.9 Å².